The fraction of sp³-hybridized carbons (Fsp3) is 0.333. The van der Waals surface area contributed by atoms with E-state index in [0.717, 1.165) is 31.0 Å². The number of benzene rings is 2. The number of methoxy groups -OCH3 is 1. The van der Waals surface area contributed by atoms with Gasteiger partial charge in [-0.3, -0.25) is 4.90 Å². The molecule has 1 atom stereocenters. The number of nitrogens with zero attached hydrogens (tertiary/aromatic N) is 1. The lowest BCUT2D eigenvalue weighted by molar-refractivity contribution is 0.200. The summed E-state index contributed by atoms with van der Waals surface area (Å²) in [5, 5.41) is 1.24. The van der Waals surface area contributed by atoms with Gasteiger partial charge in [-0.25, -0.2) is 0 Å². The van der Waals surface area contributed by atoms with Gasteiger partial charge in [0.2, 0.25) is 0 Å². The van der Waals surface area contributed by atoms with Gasteiger partial charge >= 0.3 is 0 Å². The second-order valence-electron chi connectivity index (χ2n) is 6.61. The summed E-state index contributed by atoms with van der Waals surface area (Å²) in [6.45, 7) is 3.20. The van der Waals surface area contributed by atoms with E-state index in [1.54, 1.807) is 7.11 Å². The van der Waals surface area contributed by atoms with E-state index >= 15 is 0 Å². The largest absolute Gasteiger partial charge is 0.497 e. The summed E-state index contributed by atoms with van der Waals surface area (Å²) in [5.74, 6) is 1.53. The van der Waals surface area contributed by atoms with Crippen LogP contribution in [0.25, 0.3) is 11.0 Å². The highest BCUT2D eigenvalue weighted by atomic mass is 16.5. The van der Waals surface area contributed by atoms with Crippen molar-refractivity contribution in [2.45, 2.75) is 25.3 Å². The van der Waals surface area contributed by atoms with Crippen molar-refractivity contribution in [1.29, 1.82) is 0 Å². The molecule has 1 aromatic heterocycles. The topological polar surface area (TPSA) is 25.6 Å². The van der Waals surface area contributed by atoms with E-state index in [0.29, 0.717) is 5.92 Å². The molecule has 1 unspecified atom stereocenters. The normalized spacial score (nSPS) is 18.8. The van der Waals surface area contributed by atoms with Gasteiger partial charge < -0.3 is 9.15 Å². The van der Waals surface area contributed by atoms with Crippen LogP contribution in [-0.4, -0.2) is 25.1 Å². The number of furan rings is 1. The minimum atomic E-state index is 0.576. The third-order valence-electron chi connectivity index (χ3n) is 5.03. The first-order valence-electron chi connectivity index (χ1n) is 8.65. The summed E-state index contributed by atoms with van der Waals surface area (Å²) in [6, 6.07) is 16.8. The summed E-state index contributed by atoms with van der Waals surface area (Å²) in [5.41, 5.74) is 3.65. The third kappa shape index (κ3) is 3.04. The Morgan fingerprint density at radius 2 is 2.08 bits per heavy atom. The highest BCUT2D eigenvalue weighted by molar-refractivity contribution is 5.80. The zero-order chi connectivity index (χ0) is 16.4. The van der Waals surface area contributed by atoms with Crippen LogP contribution < -0.4 is 4.74 Å². The molecule has 0 spiro atoms. The van der Waals surface area contributed by atoms with Crippen molar-refractivity contribution in [3.8, 4) is 5.75 Å². The first-order chi connectivity index (χ1) is 11.8. The van der Waals surface area contributed by atoms with E-state index in [9.17, 15) is 0 Å². The molecule has 124 valence electrons. The third-order valence-corrected chi connectivity index (χ3v) is 5.03. The lowest BCUT2D eigenvalue weighted by Crippen LogP contribution is -2.33. The minimum Gasteiger partial charge on any atom is -0.497 e. The molecule has 1 aliphatic rings. The molecule has 3 aromatic rings. The van der Waals surface area contributed by atoms with E-state index in [-0.39, 0.29) is 0 Å². The lowest BCUT2D eigenvalue weighted by Gasteiger charge is -2.33. The van der Waals surface area contributed by atoms with Crippen LogP contribution in [-0.2, 0) is 6.54 Å². The first kappa shape index (κ1) is 15.3. The van der Waals surface area contributed by atoms with E-state index in [1.807, 2.05) is 24.5 Å². The van der Waals surface area contributed by atoms with Crippen molar-refractivity contribution in [3.63, 3.8) is 0 Å². The van der Waals surface area contributed by atoms with Crippen LogP contribution in [0.2, 0.25) is 0 Å². The Balaban J connectivity index is 1.50. The number of para-hydroxylation sites is 1. The predicted octanol–water partition coefficient (Wildman–Crippen LogP) is 4.82. The number of fused-ring (bicyclic) bond motifs is 1. The van der Waals surface area contributed by atoms with Crippen molar-refractivity contribution in [2.75, 3.05) is 20.2 Å². The van der Waals surface area contributed by atoms with Crippen LogP contribution in [0, 0.1) is 0 Å². The molecule has 2 heterocycles. The molecule has 0 bridgehead atoms. The molecule has 0 N–H and O–H groups in total. The van der Waals surface area contributed by atoms with Crippen molar-refractivity contribution in [1.82, 2.24) is 4.90 Å². The fourth-order valence-corrected chi connectivity index (χ4v) is 3.76. The van der Waals surface area contributed by atoms with Gasteiger partial charge in [0, 0.05) is 24.0 Å². The Bertz CT molecular complexity index is 823. The summed E-state index contributed by atoms with van der Waals surface area (Å²) in [6.07, 6.45) is 4.40. The number of piperidine rings is 1. The second-order valence-corrected chi connectivity index (χ2v) is 6.61. The average Bonchev–Trinajstić information content (AvgIpc) is 3.05. The minimum absolute atomic E-state index is 0.576. The number of ether oxygens (including phenoxy) is 1. The van der Waals surface area contributed by atoms with Gasteiger partial charge in [0.25, 0.3) is 0 Å². The zero-order valence-corrected chi connectivity index (χ0v) is 14.1. The predicted molar refractivity (Wildman–Crippen MR) is 96.5 cm³/mol. The van der Waals surface area contributed by atoms with Gasteiger partial charge in [-0.2, -0.15) is 0 Å². The molecule has 3 heteroatoms. The Morgan fingerprint density at radius 3 is 3.00 bits per heavy atom. The maximum Gasteiger partial charge on any atom is 0.134 e. The van der Waals surface area contributed by atoms with E-state index in [4.69, 9.17) is 9.15 Å². The number of likely N-dealkylation sites (tertiary alicyclic amines) is 1. The molecular weight excluding hydrogens is 298 g/mol. The van der Waals surface area contributed by atoms with Crippen molar-refractivity contribution >= 4 is 11.0 Å². The van der Waals surface area contributed by atoms with Crippen LogP contribution in [0.5, 0.6) is 5.75 Å². The maximum atomic E-state index is 5.69. The molecule has 3 nitrogen and oxygen atoms in total. The molecule has 24 heavy (non-hydrogen) atoms. The Morgan fingerprint density at radius 1 is 1.17 bits per heavy atom. The Hall–Kier alpha value is -2.26. The van der Waals surface area contributed by atoms with Gasteiger partial charge in [0.05, 0.1) is 13.4 Å². The molecule has 0 radical (unpaired) electrons. The summed E-state index contributed by atoms with van der Waals surface area (Å²) >= 11 is 0. The SMILES string of the molecule is COc1cccc(C2CCCN(Cc3coc4ccccc34)C2)c1. The van der Waals surface area contributed by atoms with Gasteiger partial charge in [-0.1, -0.05) is 30.3 Å². The smallest absolute Gasteiger partial charge is 0.134 e. The van der Waals surface area contributed by atoms with Crippen LogP contribution in [0.3, 0.4) is 0 Å². The number of hydrogen-bond acceptors (Lipinski definition) is 3. The van der Waals surface area contributed by atoms with Crippen molar-refractivity contribution in [3.05, 3.63) is 65.9 Å². The number of hydrogen-bond donors (Lipinski definition) is 0. The molecule has 1 fully saturated rings. The average molecular weight is 321 g/mol. The van der Waals surface area contributed by atoms with Crippen LogP contribution in [0.4, 0.5) is 0 Å². The quantitative estimate of drug-likeness (QED) is 0.689. The molecule has 0 aliphatic carbocycles. The first-order valence-corrected chi connectivity index (χ1v) is 8.65. The number of rotatable bonds is 4. The van der Waals surface area contributed by atoms with Gasteiger partial charge in [-0.15, -0.1) is 0 Å². The zero-order valence-electron chi connectivity index (χ0n) is 14.1. The van der Waals surface area contributed by atoms with Crippen LogP contribution >= 0.6 is 0 Å². The molecule has 0 amide bonds. The van der Waals surface area contributed by atoms with Crippen LogP contribution in [0.1, 0.15) is 29.9 Å². The van der Waals surface area contributed by atoms with Crippen LogP contribution in [0.15, 0.2) is 59.2 Å². The van der Waals surface area contributed by atoms with E-state index < -0.39 is 0 Å². The summed E-state index contributed by atoms with van der Waals surface area (Å²) < 4.78 is 11.1. The molecular formula is C21H23NO2. The molecule has 2 aromatic carbocycles. The van der Waals surface area contributed by atoms with Gasteiger partial charge in [-0.05, 0) is 49.1 Å². The molecule has 0 saturated carbocycles. The Kier molecular flexibility index (Phi) is 4.26. The molecule has 1 saturated heterocycles. The summed E-state index contributed by atoms with van der Waals surface area (Å²) in [4.78, 5) is 2.55. The van der Waals surface area contributed by atoms with Crippen molar-refractivity contribution < 1.29 is 9.15 Å². The van der Waals surface area contributed by atoms with Gasteiger partial charge in [0.1, 0.15) is 11.3 Å². The van der Waals surface area contributed by atoms with E-state index in [2.05, 4.69) is 35.2 Å². The highest BCUT2D eigenvalue weighted by Crippen LogP contribution is 2.31. The maximum absolute atomic E-state index is 5.69. The fourth-order valence-electron chi connectivity index (χ4n) is 3.76. The van der Waals surface area contributed by atoms with Crippen molar-refractivity contribution in [2.24, 2.45) is 0 Å². The second kappa shape index (κ2) is 6.70. The standard InChI is InChI=1S/C21H23NO2/c1-23-19-8-4-6-16(12-19)17-7-5-11-22(13-17)14-18-15-24-21-10-3-2-9-20(18)21/h2-4,6,8-10,12,15,17H,5,7,11,13-14H2,1H3. The molecule has 4 rings (SSSR count). The van der Waals surface area contributed by atoms with Gasteiger partial charge in [0.15, 0.2) is 0 Å². The lowest BCUT2D eigenvalue weighted by atomic mass is 9.90. The summed E-state index contributed by atoms with van der Waals surface area (Å²) in [7, 11) is 1.73. The monoisotopic (exact) mass is 321 g/mol. The highest BCUT2D eigenvalue weighted by Gasteiger charge is 2.22. The van der Waals surface area contributed by atoms with E-state index in [1.165, 1.54) is 29.4 Å². The molecule has 1 aliphatic heterocycles. The Labute approximate surface area is 142 Å².